The number of sulfonamides is 1. The fourth-order valence-electron chi connectivity index (χ4n) is 5.86. The fourth-order valence-corrected chi connectivity index (χ4v) is 7.47. The lowest BCUT2D eigenvalue weighted by molar-refractivity contribution is -0.127. The second-order valence-corrected chi connectivity index (χ2v) is 11.7. The third-order valence-corrected chi connectivity index (χ3v) is 9.81. The van der Waals surface area contributed by atoms with Gasteiger partial charge in [-0.3, -0.25) is 9.69 Å². The topological polar surface area (TPSA) is 93.5 Å². The molecule has 7 nitrogen and oxygen atoms in total. The van der Waals surface area contributed by atoms with E-state index in [4.69, 9.17) is 0 Å². The van der Waals surface area contributed by atoms with Crippen molar-refractivity contribution in [3.63, 3.8) is 0 Å². The van der Waals surface area contributed by atoms with Crippen LogP contribution in [0.1, 0.15) is 69.8 Å². The summed E-state index contributed by atoms with van der Waals surface area (Å²) < 4.78 is 27.5. The Balaban J connectivity index is 1.35. The summed E-state index contributed by atoms with van der Waals surface area (Å²) in [5, 5.41) is 12.6. The second-order valence-electron chi connectivity index (χ2n) is 9.84. The summed E-state index contributed by atoms with van der Waals surface area (Å²) in [7, 11) is -3.74. The number of carbonyl (C=O) groups is 1. The van der Waals surface area contributed by atoms with Gasteiger partial charge in [0.1, 0.15) is 6.07 Å². The van der Waals surface area contributed by atoms with E-state index < -0.39 is 10.0 Å². The van der Waals surface area contributed by atoms with E-state index in [9.17, 15) is 18.5 Å². The first-order valence-corrected chi connectivity index (χ1v) is 13.9. The number of piperidine rings is 2. The molecular weight excluding hydrogens is 436 g/mol. The van der Waals surface area contributed by atoms with Gasteiger partial charge in [0.15, 0.2) is 0 Å². The minimum atomic E-state index is -3.74. The van der Waals surface area contributed by atoms with Gasteiger partial charge in [0.2, 0.25) is 15.9 Å². The zero-order valence-corrected chi connectivity index (χ0v) is 20.3. The van der Waals surface area contributed by atoms with E-state index in [1.54, 1.807) is 12.1 Å². The molecule has 1 amide bonds. The maximum absolute atomic E-state index is 13.1. The Morgan fingerprint density at radius 2 is 1.64 bits per heavy atom. The Labute approximate surface area is 198 Å². The van der Waals surface area contributed by atoms with E-state index in [2.05, 4.69) is 10.2 Å². The van der Waals surface area contributed by atoms with Crippen molar-refractivity contribution in [1.82, 2.24) is 14.5 Å². The number of nitriles is 1. The summed E-state index contributed by atoms with van der Waals surface area (Å²) in [6.07, 6.45) is 10.9. The molecule has 33 heavy (non-hydrogen) atoms. The monoisotopic (exact) mass is 472 g/mol. The number of amides is 1. The molecule has 1 aromatic rings. The summed E-state index contributed by atoms with van der Waals surface area (Å²) in [4.78, 5) is 15.7. The number of rotatable bonds is 6. The van der Waals surface area contributed by atoms with E-state index in [-0.39, 0.29) is 27.8 Å². The Kier molecular flexibility index (Phi) is 7.72. The summed E-state index contributed by atoms with van der Waals surface area (Å²) in [6, 6.07) is 8.28. The molecule has 0 atom stereocenters. The van der Waals surface area contributed by atoms with Gasteiger partial charge in [0, 0.05) is 31.1 Å². The average molecular weight is 473 g/mol. The van der Waals surface area contributed by atoms with Gasteiger partial charge in [0.25, 0.3) is 0 Å². The molecule has 3 fully saturated rings. The number of nitrogens with zero attached hydrogens (tertiary/aromatic N) is 3. The lowest BCUT2D eigenvalue weighted by atomic mass is 9.79. The van der Waals surface area contributed by atoms with Gasteiger partial charge < -0.3 is 5.32 Å². The van der Waals surface area contributed by atoms with Crippen molar-refractivity contribution in [2.24, 2.45) is 5.92 Å². The molecule has 8 heteroatoms. The molecule has 0 spiro atoms. The standard InChI is InChI=1S/C25H36N4O3S/c26-19-22-9-3-4-10-23(22)33(31,32)29-17-11-21(12-18-29)24(30)27-20-25(13-5-1-6-14-25)28-15-7-2-8-16-28/h3-4,9-10,21H,1-2,5-8,11-18,20H2,(H,27,30). The normalized spacial score (nSPS) is 23.0. The highest BCUT2D eigenvalue weighted by Gasteiger charge is 2.39. The van der Waals surface area contributed by atoms with E-state index in [0.29, 0.717) is 32.5 Å². The van der Waals surface area contributed by atoms with Crippen molar-refractivity contribution in [1.29, 1.82) is 5.26 Å². The molecule has 3 aliphatic rings. The molecule has 1 N–H and O–H groups in total. The summed E-state index contributed by atoms with van der Waals surface area (Å²) in [6.45, 7) is 3.58. The van der Waals surface area contributed by atoms with Gasteiger partial charge in [-0.05, 0) is 63.7 Å². The second kappa shape index (κ2) is 10.5. The maximum atomic E-state index is 13.1. The van der Waals surface area contributed by atoms with Crippen LogP contribution in [0.25, 0.3) is 0 Å². The number of hydrogen-bond donors (Lipinski definition) is 1. The zero-order chi connectivity index (χ0) is 23.3. The van der Waals surface area contributed by atoms with Crippen LogP contribution in [0.3, 0.4) is 0 Å². The van der Waals surface area contributed by atoms with E-state index in [1.165, 1.54) is 55.0 Å². The van der Waals surface area contributed by atoms with Crippen molar-refractivity contribution in [3.05, 3.63) is 29.8 Å². The molecule has 2 heterocycles. The molecule has 0 aromatic heterocycles. The maximum Gasteiger partial charge on any atom is 0.244 e. The van der Waals surface area contributed by atoms with Crippen LogP contribution in [0.2, 0.25) is 0 Å². The van der Waals surface area contributed by atoms with Crippen molar-refractivity contribution < 1.29 is 13.2 Å². The predicted octanol–water partition coefficient (Wildman–Crippen LogP) is 3.26. The minimum Gasteiger partial charge on any atom is -0.354 e. The Morgan fingerprint density at radius 3 is 2.30 bits per heavy atom. The SMILES string of the molecule is N#Cc1ccccc1S(=O)(=O)N1CCC(C(=O)NCC2(N3CCCCC3)CCCCC2)CC1. The Hall–Kier alpha value is -1.95. The lowest BCUT2D eigenvalue weighted by Crippen LogP contribution is -2.58. The van der Waals surface area contributed by atoms with Gasteiger partial charge >= 0.3 is 0 Å². The molecular formula is C25H36N4O3S. The zero-order valence-electron chi connectivity index (χ0n) is 19.5. The summed E-state index contributed by atoms with van der Waals surface area (Å²) in [5.74, 6) is -0.101. The smallest absolute Gasteiger partial charge is 0.244 e. The van der Waals surface area contributed by atoms with Gasteiger partial charge in [-0.1, -0.05) is 37.8 Å². The molecule has 0 unspecified atom stereocenters. The van der Waals surface area contributed by atoms with E-state index in [1.807, 2.05) is 6.07 Å². The van der Waals surface area contributed by atoms with Crippen molar-refractivity contribution in [2.45, 2.75) is 74.6 Å². The molecule has 1 aromatic carbocycles. The number of carbonyl (C=O) groups excluding carboxylic acids is 1. The highest BCUT2D eigenvalue weighted by atomic mass is 32.2. The van der Waals surface area contributed by atoms with Crippen molar-refractivity contribution in [2.75, 3.05) is 32.7 Å². The van der Waals surface area contributed by atoms with Crippen molar-refractivity contribution in [3.8, 4) is 6.07 Å². The van der Waals surface area contributed by atoms with Crippen LogP contribution in [0.5, 0.6) is 0 Å². The van der Waals surface area contributed by atoms with Crippen LogP contribution in [0, 0.1) is 17.2 Å². The molecule has 180 valence electrons. The largest absolute Gasteiger partial charge is 0.354 e. The first-order chi connectivity index (χ1) is 16.0. The van der Waals surface area contributed by atoms with Crippen LogP contribution in [-0.4, -0.2) is 61.8 Å². The number of nitrogens with one attached hydrogen (secondary N) is 1. The van der Waals surface area contributed by atoms with Crippen LogP contribution < -0.4 is 5.32 Å². The third-order valence-electron chi connectivity index (χ3n) is 7.85. The van der Waals surface area contributed by atoms with Gasteiger partial charge in [0.05, 0.1) is 10.5 Å². The highest BCUT2D eigenvalue weighted by molar-refractivity contribution is 7.89. The van der Waals surface area contributed by atoms with Gasteiger partial charge in [-0.25, -0.2) is 8.42 Å². The van der Waals surface area contributed by atoms with Gasteiger partial charge in [-0.15, -0.1) is 0 Å². The fraction of sp³-hybridized carbons (Fsp3) is 0.680. The highest BCUT2D eigenvalue weighted by Crippen LogP contribution is 2.35. The quantitative estimate of drug-likeness (QED) is 0.686. The number of likely N-dealkylation sites (tertiary alicyclic amines) is 1. The Morgan fingerprint density at radius 1 is 1.00 bits per heavy atom. The third kappa shape index (κ3) is 5.26. The Bertz CT molecular complexity index is 968. The molecule has 1 aliphatic carbocycles. The van der Waals surface area contributed by atoms with E-state index >= 15 is 0 Å². The predicted molar refractivity (Wildman–Crippen MR) is 127 cm³/mol. The number of hydrogen-bond acceptors (Lipinski definition) is 5. The van der Waals surface area contributed by atoms with Crippen LogP contribution >= 0.6 is 0 Å². The van der Waals surface area contributed by atoms with Crippen LogP contribution in [0.4, 0.5) is 0 Å². The molecule has 4 rings (SSSR count). The summed E-state index contributed by atoms with van der Waals surface area (Å²) >= 11 is 0. The minimum absolute atomic E-state index is 0.0520. The average Bonchev–Trinajstić information content (AvgIpc) is 2.88. The molecule has 2 aliphatic heterocycles. The van der Waals surface area contributed by atoms with Crippen LogP contribution in [-0.2, 0) is 14.8 Å². The lowest BCUT2D eigenvalue weighted by Gasteiger charge is -2.48. The molecule has 0 bridgehead atoms. The first kappa shape index (κ1) is 24.2. The molecule has 2 saturated heterocycles. The number of benzene rings is 1. The van der Waals surface area contributed by atoms with Gasteiger partial charge in [-0.2, -0.15) is 9.57 Å². The summed E-state index contributed by atoms with van der Waals surface area (Å²) in [5.41, 5.74) is 0.257. The van der Waals surface area contributed by atoms with Crippen LogP contribution in [0.15, 0.2) is 29.2 Å². The molecule has 1 saturated carbocycles. The van der Waals surface area contributed by atoms with Crippen molar-refractivity contribution >= 4 is 15.9 Å². The van der Waals surface area contributed by atoms with E-state index in [0.717, 1.165) is 25.9 Å². The molecule has 0 radical (unpaired) electrons. The first-order valence-electron chi connectivity index (χ1n) is 12.5.